The average Bonchev–Trinajstić information content (AvgIpc) is 3.53. The molecule has 10 nitrogen and oxygen atoms in total. The van der Waals surface area contributed by atoms with Crippen LogP contribution in [0, 0.1) is 5.92 Å². The number of anilines is 1. The predicted octanol–water partition coefficient (Wildman–Crippen LogP) is 4.60. The number of amides is 4. The summed E-state index contributed by atoms with van der Waals surface area (Å²) in [4.78, 5) is 61.6. The van der Waals surface area contributed by atoms with Crippen molar-refractivity contribution in [3.05, 3.63) is 95.2 Å². The molecule has 0 aliphatic carbocycles. The van der Waals surface area contributed by atoms with E-state index in [9.17, 15) is 24.3 Å². The number of carbonyl (C=O) groups excluding carboxylic acids is 3. The molecule has 2 saturated heterocycles. The highest BCUT2D eigenvalue weighted by Crippen LogP contribution is 2.45. The van der Waals surface area contributed by atoms with Gasteiger partial charge in [0, 0.05) is 36.1 Å². The van der Waals surface area contributed by atoms with E-state index in [0.29, 0.717) is 38.1 Å². The van der Waals surface area contributed by atoms with Crippen LogP contribution in [0.3, 0.4) is 0 Å². The lowest BCUT2D eigenvalue weighted by Crippen LogP contribution is -2.44. The minimum Gasteiger partial charge on any atom is -0.497 e. The van der Waals surface area contributed by atoms with Gasteiger partial charge in [0.05, 0.1) is 24.3 Å². The van der Waals surface area contributed by atoms with Crippen molar-refractivity contribution in [2.45, 2.75) is 31.3 Å². The summed E-state index contributed by atoms with van der Waals surface area (Å²) < 4.78 is 5.50. The number of rotatable bonds is 5. The van der Waals surface area contributed by atoms with Crippen LogP contribution in [0.2, 0.25) is 0 Å². The van der Waals surface area contributed by atoms with Crippen molar-refractivity contribution in [3.8, 4) is 5.75 Å². The molecule has 3 aliphatic heterocycles. The molecule has 4 aromatic rings. The number of nitrogens with one attached hydrogen (secondary N) is 1. The van der Waals surface area contributed by atoms with Gasteiger partial charge in [-0.1, -0.05) is 42.5 Å². The molecule has 3 aromatic carbocycles. The van der Waals surface area contributed by atoms with E-state index in [-0.39, 0.29) is 17.2 Å². The van der Waals surface area contributed by atoms with Gasteiger partial charge in [0.2, 0.25) is 0 Å². The Hall–Kier alpha value is -5.12. The fourth-order valence-electron chi connectivity index (χ4n) is 6.80. The van der Waals surface area contributed by atoms with Crippen LogP contribution in [0.1, 0.15) is 46.1 Å². The maximum Gasteiger partial charge on any atom is 0.332 e. The predicted molar refractivity (Wildman–Crippen MR) is 158 cm³/mol. The number of H-pyrrole nitrogens is 1. The first-order chi connectivity index (χ1) is 20.9. The van der Waals surface area contributed by atoms with Crippen LogP contribution in [0.15, 0.2) is 72.8 Å². The van der Waals surface area contributed by atoms with Crippen LogP contribution in [-0.4, -0.2) is 69.9 Å². The molecule has 0 saturated carbocycles. The fourth-order valence-corrected chi connectivity index (χ4v) is 6.80. The van der Waals surface area contributed by atoms with Crippen molar-refractivity contribution in [1.82, 2.24) is 14.8 Å². The van der Waals surface area contributed by atoms with Gasteiger partial charge in [-0.05, 0) is 54.3 Å². The number of urea groups is 1. The molecule has 4 heterocycles. The molecule has 1 unspecified atom stereocenters. The third kappa shape index (κ3) is 4.24. The monoisotopic (exact) mass is 578 g/mol. The van der Waals surface area contributed by atoms with Gasteiger partial charge in [-0.2, -0.15) is 0 Å². The maximum absolute atomic E-state index is 14.4. The Morgan fingerprint density at radius 2 is 1.70 bits per heavy atom. The molecule has 0 spiro atoms. The van der Waals surface area contributed by atoms with Crippen molar-refractivity contribution in [1.29, 1.82) is 0 Å². The van der Waals surface area contributed by atoms with Gasteiger partial charge in [-0.3, -0.25) is 19.3 Å². The number of carbonyl (C=O) groups is 4. The second-order valence-corrected chi connectivity index (χ2v) is 11.2. The van der Waals surface area contributed by atoms with Gasteiger partial charge < -0.3 is 19.7 Å². The summed E-state index contributed by atoms with van der Waals surface area (Å²) in [5.74, 6) is -1.43. The van der Waals surface area contributed by atoms with E-state index in [1.807, 2.05) is 48.5 Å². The fraction of sp³-hybridized carbons (Fsp3) is 0.273. The summed E-state index contributed by atoms with van der Waals surface area (Å²) >= 11 is 0. The first kappa shape index (κ1) is 26.8. The Labute approximate surface area is 247 Å². The number of hydrogen-bond acceptors (Lipinski definition) is 5. The molecule has 10 heteroatoms. The Morgan fingerprint density at radius 3 is 2.47 bits per heavy atom. The number of para-hydroxylation sites is 2. The zero-order valence-corrected chi connectivity index (χ0v) is 23.5. The molecule has 218 valence electrons. The highest BCUT2D eigenvalue weighted by molar-refractivity contribution is 6.24. The molecule has 3 aliphatic rings. The van der Waals surface area contributed by atoms with Gasteiger partial charge in [0.25, 0.3) is 11.8 Å². The van der Waals surface area contributed by atoms with E-state index < -0.39 is 35.9 Å². The number of aromatic nitrogens is 1. The van der Waals surface area contributed by atoms with Gasteiger partial charge in [-0.25, -0.2) is 9.69 Å². The Bertz CT molecular complexity index is 1790. The Balaban J connectivity index is 1.29. The summed E-state index contributed by atoms with van der Waals surface area (Å²) in [6.45, 7) is 0.584. The zero-order chi connectivity index (χ0) is 29.8. The van der Waals surface area contributed by atoms with Crippen LogP contribution >= 0.6 is 0 Å². The number of aromatic amines is 1. The molecule has 1 aromatic heterocycles. The lowest BCUT2D eigenvalue weighted by Gasteiger charge is -2.36. The normalized spacial score (nSPS) is 20.3. The van der Waals surface area contributed by atoms with Gasteiger partial charge in [0.1, 0.15) is 17.8 Å². The highest BCUT2D eigenvalue weighted by Gasteiger charge is 2.53. The quantitative estimate of drug-likeness (QED) is 0.334. The molecule has 7 rings (SSSR count). The largest absolute Gasteiger partial charge is 0.497 e. The average molecular weight is 579 g/mol. The van der Waals surface area contributed by atoms with Gasteiger partial charge in [-0.15, -0.1) is 0 Å². The third-order valence-corrected chi connectivity index (χ3v) is 8.97. The van der Waals surface area contributed by atoms with E-state index in [4.69, 9.17) is 4.74 Å². The van der Waals surface area contributed by atoms with E-state index in [1.165, 1.54) is 0 Å². The van der Waals surface area contributed by atoms with Crippen LogP contribution in [0.25, 0.3) is 10.9 Å². The van der Waals surface area contributed by atoms with Gasteiger partial charge in [0.15, 0.2) is 0 Å². The molecule has 0 radical (unpaired) electrons. The molecule has 4 amide bonds. The van der Waals surface area contributed by atoms with Crippen LogP contribution < -0.4 is 9.64 Å². The summed E-state index contributed by atoms with van der Waals surface area (Å²) in [6, 6.07) is 20.2. The smallest absolute Gasteiger partial charge is 0.332 e. The Morgan fingerprint density at radius 1 is 0.953 bits per heavy atom. The van der Waals surface area contributed by atoms with E-state index in [0.717, 1.165) is 32.6 Å². The van der Waals surface area contributed by atoms with Crippen LogP contribution in [0.4, 0.5) is 10.5 Å². The van der Waals surface area contributed by atoms with Crippen molar-refractivity contribution < 1.29 is 29.0 Å². The van der Waals surface area contributed by atoms with Crippen molar-refractivity contribution >= 4 is 40.4 Å². The van der Waals surface area contributed by atoms with E-state index in [1.54, 1.807) is 41.2 Å². The summed E-state index contributed by atoms with van der Waals surface area (Å²) in [6.07, 6.45) is 1.04. The molecule has 0 bridgehead atoms. The first-order valence-corrected chi connectivity index (χ1v) is 14.4. The van der Waals surface area contributed by atoms with Crippen LogP contribution in [-0.2, 0) is 16.0 Å². The number of benzene rings is 3. The number of carboxylic acid groups (broad SMARTS) is 1. The Kier molecular flexibility index (Phi) is 6.41. The van der Waals surface area contributed by atoms with E-state index >= 15 is 0 Å². The standard InChI is InChI=1S/C33H30N4O6/c1-43-21-8-6-7-20(17-21)29-28-24(22-9-2-4-11-25(22)34-28)18-27-31(39)37(33(42)36(27)29)26-12-5-3-10-23(26)30(38)35-15-13-19(14-16-35)32(40)41/h2-12,17,19,27,29,34H,13-16,18H2,1H3,(H,40,41)/t27-,29?/m0/s1. The molecule has 2 atom stereocenters. The number of nitrogens with zero attached hydrogens (tertiary/aromatic N) is 3. The second kappa shape index (κ2) is 10.3. The SMILES string of the molecule is COc1cccc(C2c3[nH]c4ccccc4c3C[C@H]3C(=O)N(c4ccccc4C(=O)N4CCC(C(=O)O)CC4)C(=O)N23)c1. The first-order valence-electron chi connectivity index (χ1n) is 14.4. The number of imide groups is 1. The molecular formula is C33H30N4O6. The summed E-state index contributed by atoms with van der Waals surface area (Å²) in [7, 11) is 1.58. The highest BCUT2D eigenvalue weighted by atomic mass is 16.5. The third-order valence-electron chi connectivity index (χ3n) is 8.97. The van der Waals surface area contributed by atoms with Gasteiger partial charge >= 0.3 is 12.0 Å². The lowest BCUT2D eigenvalue weighted by molar-refractivity contribution is -0.143. The number of methoxy groups -OCH3 is 1. The van der Waals surface area contributed by atoms with Crippen molar-refractivity contribution in [2.24, 2.45) is 5.92 Å². The number of likely N-dealkylation sites (tertiary alicyclic amines) is 1. The van der Waals surface area contributed by atoms with Crippen molar-refractivity contribution in [3.63, 3.8) is 0 Å². The molecule has 2 fully saturated rings. The second-order valence-electron chi connectivity index (χ2n) is 11.2. The number of hydrogen-bond donors (Lipinski definition) is 2. The topological polar surface area (TPSA) is 123 Å². The number of fused-ring (bicyclic) bond motifs is 4. The number of aliphatic carboxylic acids is 1. The molecular weight excluding hydrogens is 548 g/mol. The minimum absolute atomic E-state index is 0.232. The zero-order valence-electron chi connectivity index (χ0n) is 23.5. The maximum atomic E-state index is 14.4. The number of carboxylic acids is 1. The number of piperidine rings is 1. The molecule has 2 N–H and O–H groups in total. The van der Waals surface area contributed by atoms with Crippen LogP contribution in [0.5, 0.6) is 5.75 Å². The molecule has 43 heavy (non-hydrogen) atoms. The summed E-state index contributed by atoms with van der Waals surface area (Å²) in [5.41, 5.74) is 4.03. The number of ether oxygens (including phenoxy) is 1. The lowest BCUT2D eigenvalue weighted by atomic mass is 9.89. The van der Waals surface area contributed by atoms with E-state index in [2.05, 4.69) is 4.98 Å². The summed E-state index contributed by atoms with van der Waals surface area (Å²) in [5, 5.41) is 10.4. The van der Waals surface area contributed by atoms with Crippen molar-refractivity contribution in [2.75, 3.05) is 25.1 Å². The minimum atomic E-state index is -0.861.